The molecule has 7 nitrogen and oxygen atoms in total. The predicted octanol–water partition coefficient (Wildman–Crippen LogP) is 3.21. The van der Waals surface area contributed by atoms with Crippen LogP contribution in [0.15, 0.2) is 5.11 Å². The zero-order valence-electron chi connectivity index (χ0n) is 13.8. The first kappa shape index (κ1) is 16.9. The predicted molar refractivity (Wildman–Crippen MR) is 84.5 cm³/mol. The minimum atomic E-state index is -0.352. The Kier molecular flexibility index (Phi) is 5.53. The van der Waals surface area contributed by atoms with Crippen molar-refractivity contribution in [3.63, 3.8) is 0 Å². The maximum atomic E-state index is 11.8. The Morgan fingerprint density at radius 2 is 2.05 bits per heavy atom. The number of nitrogens with one attached hydrogen (secondary N) is 1. The van der Waals surface area contributed by atoms with E-state index in [1.807, 2.05) is 20.8 Å². The highest BCUT2D eigenvalue weighted by molar-refractivity contribution is 5.68. The van der Waals surface area contributed by atoms with Crippen molar-refractivity contribution in [2.75, 3.05) is 13.1 Å². The highest BCUT2D eigenvalue weighted by atomic mass is 16.6. The Morgan fingerprint density at radius 1 is 1.32 bits per heavy atom. The molecule has 2 rings (SSSR count). The van der Waals surface area contributed by atoms with Gasteiger partial charge in [0.15, 0.2) is 0 Å². The summed E-state index contributed by atoms with van der Waals surface area (Å²) >= 11 is 0. The van der Waals surface area contributed by atoms with Crippen molar-refractivity contribution in [2.45, 2.75) is 76.6 Å². The number of hydrogen-bond acceptors (Lipinski definition) is 4. The van der Waals surface area contributed by atoms with Gasteiger partial charge in [0, 0.05) is 29.6 Å². The van der Waals surface area contributed by atoms with Gasteiger partial charge in [-0.1, -0.05) is 18.0 Å². The lowest BCUT2D eigenvalue weighted by Crippen LogP contribution is -2.45. The molecule has 7 heteroatoms. The van der Waals surface area contributed by atoms with Crippen LogP contribution in [0, 0.1) is 0 Å². The largest absolute Gasteiger partial charge is 0.445 e. The molecular formula is C15H27N5O2. The molecule has 1 saturated carbocycles. The van der Waals surface area contributed by atoms with Gasteiger partial charge in [-0.25, -0.2) is 4.79 Å². The number of nitrogens with zero attached hydrogens (tertiary/aromatic N) is 4. The molecule has 1 amide bonds. The number of likely N-dealkylation sites (tertiary alicyclic amines) is 1. The fraction of sp³-hybridized carbons (Fsp3) is 0.933. The molecule has 1 aliphatic carbocycles. The van der Waals surface area contributed by atoms with Crippen LogP contribution in [0.2, 0.25) is 0 Å². The SMILES string of the molecule is CC(C)(C)NC(=O)O[C@@H]1CCN(C2CCCCC2N=[N+]=[N-])C1. The van der Waals surface area contributed by atoms with E-state index in [9.17, 15) is 4.79 Å². The number of hydrogen-bond donors (Lipinski definition) is 1. The molecule has 0 bridgehead atoms. The first-order valence-corrected chi connectivity index (χ1v) is 8.16. The molecule has 1 heterocycles. The van der Waals surface area contributed by atoms with Crippen LogP contribution in [0.1, 0.15) is 52.9 Å². The highest BCUT2D eigenvalue weighted by Gasteiger charge is 2.35. The van der Waals surface area contributed by atoms with Crippen LogP contribution < -0.4 is 5.32 Å². The molecule has 3 atom stereocenters. The number of amides is 1. The van der Waals surface area contributed by atoms with E-state index in [2.05, 4.69) is 20.2 Å². The van der Waals surface area contributed by atoms with Crippen molar-refractivity contribution in [1.82, 2.24) is 10.2 Å². The zero-order chi connectivity index (χ0) is 16.2. The molecule has 2 unspecified atom stereocenters. The van der Waals surface area contributed by atoms with Crippen LogP contribution in [0.4, 0.5) is 4.79 Å². The number of carbonyl (C=O) groups excluding carboxylic acids is 1. The number of carbonyl (C=O) groups is 1. The van der Waals surface area contributed by atoms with Crippen LogP contribution in [0.5, 0.6) is 0 Å². The molecule has 0 radical (unpaired) electrons. The average molecular weight is 309 g/mol. The summed E-state index contributed by atoms with van der Waals surface area (Å²) in [4.78, 5) is 17.2. The Hall–Kier alpha value is -1.46. The summed E-state index contributed by atoms with van der Waals surface area (Å²) in [6, 6.07) is 0.352. The van der Waals surface area contributed by atoms with Gasteiger partial charge in [-0.2, -0.15) is 0 Å². The molecule has 2 fully saturated rings. The van der Waals surface area contributed by atoms with Crippen molar-refractivity contribution >= 4 is 6.09 Å². The smallest absolute Gasteiger partial charge is 0.407 e. The first-order valence-electron chi connectivity index (χ1n) is 8.16. The molecule has 1 aliphatic heterocycles. The van der Waals surface area contributed by atoms with E-state index in [-0.39, 0.29) is 23.8 Å². The topological polar surface area (TPSA) is 90.3 Å². The molecule has 1 N–H and O–H groups in total. The first-order chi connectivity index (χ1) is 10.4. The second-order valence-corrected chi connectivity index (χ2v) is 7.31. The van der Waals surface area contributed by atoms with Crippen LogP contribution in [0.25, 0.3) is 10.4 Å². The molecule has 124 valence electrons. The standard InChI is InChI=1S/C15H27N5O2/c1-15(2,3)17-14(21)22-11-8-9-20(10-11)13-7-5-4-6-12(13)18-19-16/h11-13H,4-10H2,1-3H3,(H,17,21)/t11-,12?,13?/m1/s1. The Labute approximate surface area is 132 Å². The van der Waals surface area contributed by atoms with Gasteiger partial charge in [0.05, 0.1) is 6.04 Å². The molecule has 0 aromatic heterocycles. The minimum Gasteiger partial charge on any atom is -0.445 e. The second-order valence-electron chi connectivity index (χ2n) is 7.31. The van der Waals surface area contributed by atoms with E-state index in [4.69, 9.17) is 10.3 Å². The van der Waals surface area contributed by atoms with E-state index >= 15 is 0 Å². The normalized spacial score (nSPS) is 29.7. The summed E-state index contributed by atoms with van der Waals surface area (Å²) in [5.41, 5.74) is 8.43. The van der Waals surface area contributed by atoms with Gasteiger partial charge >= 0.3 is 6.09 Å². The summed E-state index contributed by atoms with van der Waals surface area (Å²) in [6.07, 6.45) is 4.74. The maximum Gasteiger partial charge on any atom is 0.407 e. The third-order valence-electron chi connectivity index (χ3n) is 4.29. The Morgan fingerprint density at radius 3 is 2.73 bits per heavy atom. The van der Waals surface area contributed by atoms with E-state index in [1.54, 1.807) is 0 Å². The molecule has 0 aromatic rings. The van der Waals surface area contributed by atoms with Gasteiger partial charge in [-0.3, -0.25) is 4.90 Å². The summed E-state index contributed by atoms with van der Waals surface area (Å²) in [6.45, 7) is 7.43. The van der Waals surface area contributed by atoms with Crippen LogP contribution in [-0.4, -0.2) is 47.8 Å². The minimum absolute atomic E-state index is 0.0564. The van der Waals surface area contributed by atoms with Crippen molar-refractivity contribution in [3.8, 4) is 0 Å². The van der Waals surface area contributed by atoms with Gasteiger partial charge in [-0.05, 0) is 45.6 Å². The fourth-order valence-corrected chi connectivity index (χ4v) is 3.36. The number of azide groups is 1. The fourth-order valence-electron chi connectivity index (χ4n) is 3.36. The van der Waals surface area contributed by atoms with Gasteiger partial charge in [-0.15, -0.1) is 0 Å². The van der Waals surface area contributed by atoms with Gasteiger partial charge in [0.25, 0.3) is 0 Å². The van der Waals surface area contributed by atoms with Gasteiger partial charge in [0.2, 0.25) is 0 Å². The molecule has 0 aromatic carbocycles. The molecule has 1 saturated heterocycles. The summed E-state index contributed by atoms with van der Waals surface area (Å²) in [7, 11) is 0. The quantitative estimate of drug-likeness (QED) is 0.493. The second kappa shape index (κ2) is 7.20. The van der Waals surface area contributed by atoms with Crippen molar-refractivity contribution < 1.29 is 9.53 Å². The summed E-state index contributed by atoms with van der Waals surface area (Å²) in [5, 5.41) is 6.79. The maximum absolute atomic E-state index is 11.8. The lowest BCUT2D eigenvalue weighted by molar-refractivity contribution is 0.0849. The van der Waals surface area contributed by atoms with Crippen molar-refractivity contribution in [3.05, 3.63) is 10.4 Å². The summed E-state index contributed by atoms with van der Waals surface area (Å²) < 4.78 is 5.51. The van der Waals surface area contributed by atoms with Crippen molar-refractivity contribution in [2.24, 2.45) is 5.11 Å². The lowest BCUT2D eigenvalue weighted by Gasteiger charge is -2.35. The van der Waals surface area contributed by atoms with Crippen molar-refractivity contribution in [1.29, 1.82) is 0 Å². The van der Waals surface area contributed by atoms with E-state index in [1.165, 1.54) is 6.42 Å². The molecular weight excluding hydrogens is 282 g/mol. The van der Waals surface area contributed by atoms with E-state index in [0.717, 1.165) is 38.8 Å². The van der Waals surface area contributed by atoms with Crippen LogP contribution in [-0.2, 0) is 4.74 Å². The van der Waals surface area contributed by atoms with E-state index < -0.39 is 0 Å². The number of rotatable bonds is 3. The lowest BCUT2D eigenvalue weighted by atomic mass is 9.90. The average Bonchev–Trinajstić information content (AvgIpc) is 2.85. The highest BCUT2D eigenvalue weighted by Crippen LogP contribution is 2.29. The number of ether oxygens (including phenoxy) is 1. The van der Waals surface area contributed by atoms with Gasteiger partial charge in [0.1, 0.15) is 6.10 Å². The third-order valence-corrected chi connectivity index (χ3v) is 4.29. The molecule has 2 aliphatic rings. The molecule has 22 heavy (non-hydrogen) atoms. The Balaban J connectivity index is 1.86. The zero-order valence-corrected chi connectivity index (χ0v) is 13.8. The Bertz CT molecular complexity index is 442. The van der Waals surface area contributed by atoms with E-state index in [0.29, 0.717) is 6.04 Å². The summed E-state index contributed by atoms with van der Waals surface area (Å²) in [5.74, 6) is 0. The van der Waals surface area contributed by atoms with Gasteiger partial charge < -0.3 is 10.1 Å². The third kappa shape index (κ3) is 4.78. The number of alkyl carbamates (subject to hydrolysis) is 1. The monoisotopic (exact) mass is 309 g/mol. The molecule has 0 spiro atoms. The van der Waals surface area contributed by atoms with Crippen LogP contribution >= 0.6 is 0 Å². The van der Waals surface area contributed by atoms with Crippen LogP contribution in [0.3, 0.4) is 0 Å².